The van der Waals surface area contributed by atoms with Crippen molar-refractivity contribution in [3.05, 3.63) is 37.9 Å². The third-order valence-electron chi connectivity index (χ3n) is 2.88. The molecule has 3 nitrogen and oxygen atoms in total. The van der Waals surface area contributed by atoms with Crippen LogP contribution in [0, 0.1) is 10.1 Å². The Hall–Kier alpha value is -1.73. The van der Waals surface area contributed by atoms with Crippen LogP contribution in [-0.2, 0) is 33.4 Å². The molecule has 0 amide bonds. The van der Waals surface area contributed by atoms with Crippen LogP contribution in [0.1, 0.15) is 27.8 Å². The maximum absolute atomic E-state index is 12.9. The second-order valence-corrected chi connectivity index (χ2v) is 3.67. The van der Waals surface area contributed by atoms with E-state index in [1.807, 2.05) is 0 Å². The Labute approximate surface area is 105 Å². The highest BCUT2D eigenvalue weighted by Gasteiger charge is 2.30. The lowest BCUT2D eigenvalue weighted by molar-refractivity contribution is -0.386. The highest BCUT2D eigenvalue weighted by atomic mass is 19.1. The fourth-order valence-corrected chi connectivity index (χ4v) is 2.01. The number of rotatable bonds is 6. The molecule has 0 atom stereocenters. The van der Waals surface area contributed by atoms with Gasteiger partial charge in [-0.25, -0.2) is 22.0 Å². The van der Waals surface area contributed by atoms with E-state index in [0.29, 0.717) is 0 Å². The molecule has 106 valence electrons. The van der Waals surface area contributed by atoms with E-state index in [1.54, 1.807) is 0 Å². The van der Waals surface area contributed by atoms with Crippen molar-refractivity contribution in [3.8, 4) is 0 Å². The van der Waals surface area contributed by atoms with Crippen molar-refractivity contribution >= 4 is 5.69 Å². The van der Waals surface area contributed by atoms with Gasteiger partial charge in [0.1, 0.15) is 33.4 Å². The molecule has 0 spiro atoms. The second kappa shape index (κ2) is 6.44. The first-order chi connectivity index (χ1) is 9.06. The topological polar surface area (TPSA) is 43.1 Å². The molecule has 0 unspecified atom stereocenters. The summed E-state index contributed by atoms with van der Waals surface area (Å²) in [5, 5.41) is 10.8. The van der Waals surface area contributed by atoms with Gasteiger partial charge in [0.25, 0.3) is 5.69 Å². The summed E-state index contributed by atoms with van der Waals surface area (Å²) in [5.41, 5.74) is -4.24. The number of benzene rings is 1. The van der Waals surface area contributed by atoms with E-state index >= 15 is 0 Å². The van der Waals surface area contributed by atoms with Gasteiger partial charge in [0.05, 0.1) is 16.1 Å². The molecular formula is C11H10F5NO2. The van der Waals surface area contributed by atoms with E-state index < -0.39 is 71.8 Å². The van der Waals surface area contributed by atoms with Gasteiger partial charge in [0.2, 0.25) is 0 Å². The van der Waals surface area contributed by atoms with Crippen LogP contribution in [0.4, 0.5) is 27.6 Å². The molecule has 1 aromatic rings. The first kappa shape index (κ1) is 15.3. The van der Waals surface area contributed by atoms with Crippen molar-refractivity contribution in [1.82, 2.24) is 0 Å². The Morgan fingerprint density at radius 3 is 1.16 bits per heavy atom. The molecule has 0 saturated heterocycles. The van der Waals surface area contributed by atoms with Crippen LogP contribution in [0.2, 0.25) is 0 Å². The van der Waals surface area contributed by atoms with Gasteiger partial charge in [-0.2, -0.15) is 0 Å². The number of alkyl halides is 5. The molecule has 0 bridgehead atoms. The maximum atomic E-state index is 12.9. The molecule has 0 saturated carbocycles. The van der Waals surface area contributed by atoms with Crippen molar-refractivity contribution < 1.29 is 26.9 Å². The van der Waals surface area contributed by atoms with Crippen LogP contribution >= 0.6 is 0 Å². The zero-order valence-corrected chi connectivity index (χ0v) is 9.69. The molecule has 19 heavy (non-hydrogen) atoms. The second-order valence-electron chi connectivity index (χ2n) is 3.67. The monoisotopic (exact) mass is 283 g/mol. The highest BCUT2D eigenvalue weighted by molar-refractivity contribution is 5.59. The van der Waals surface area contributed by atoms with E-state index in [-0.39, 0.29) is 0 Å². The molecule has 0 aliphatic rings. The Balaban J connectivity index is 3.85. The lowest BCUT2D eigenvalue weighted by Gasteiger charge is -2.16. The predicted molar refractivity (Wildman–Crippen MR) is 57.2 cm³/mol. The van der Waals surface area contributed by atoms with Crippen molar-refractivity contribution in [2.45, 2.75) is 33.4 Å². The molecule has 0 aliphatic carbocycles. The van der Waals surface area contributed by atoms with Gasteiger partial charge in [0, 0.05) is 11.1 Å². The normalized spacial score (nSPS) is 10.8. The molecule has 8 heteroatoms. The molecular weight excluding hydrogens is 273 g/mol. The standard InChI is InChI=1S/C11H10F5NO2/c12-1-6-7(2-13)9(4-15)11(17(18)19)10(5-16)8(6)3-14/h1-5H2. The minimum atomic E-state index is -1.46. The van der Waals surface area contributed by atoms with E-state index in [0.717, 1.165) is 0 Å². The van der Waals surface area contributed by atoms with Gasteiger partial charge < -0.3 is 0 Å². The average Bonchev–Trinajstić information content (AvgIpc) is 2.43. The summed E-state index contributed by atoms with van der Waals surface area (Å²) < 4.78 is 64.2. The first-order valence-corrected chi connectivity index (χ1v) is 5.19. The van der Waals surface area contributed by atoms with Crippen LogP contribution in [0.3, 0.4) is 0 Å². The number of hydrogen-bond acceptors (Lipinski definition) is 2. The zero-order chi connectivity index (χ0) is 14.6. The number of nitro groups is 1. The van der Waals surface area contributed by atoms with E-state index in [4.69, 9.17) is 0 Å². The summed E-state index contributed by atoms with van der Waals surface area (Å²) in [6.45, 7) is -7.04. The predicted octanol–water partition coefficient (Wildman–Crippen LogP) is 3.94. The van der Waals surface area contributed by atoms with E-state index in [1.165, 1.54) is 0 Å². The number of nitro benzene ring substituents is 1. The lowest BCUT2D eigenvalue weighted by atomic mass is 9.91. The molecule has 0 aromatic heterocycles. The minimum Gasteiger partial charge on any atom is -0.258 e. The van der Waals surface area contributed by atoms with Crippen LogP contribution in [0.25, 0.3) is 0 Å². The molecule has 0 radical (unpaired) electrons. The lowest BCUT2D eigenvalue weighted by Crippen LogP contribution is -2.10. The molecule has 0 heterocycles. The Morgan fingerprint density at radius 1 is 0.684 bits per heavy atom. The Kier molecular flexibility index (Phi) is 5.20. The molecule has 0 aliphatic heterocycles. The molecule has 1 rings (SSSR count). The Bertz CT molecular complexity index is 459. The smallest absolute Gasteiger partial charge is 0.258 e. The largest absolute Gasteiger partial charge is 0.281 e. The number of nitrogens with zero attached hydrogens (tertiary/aromatic N) is 1. The summed E-state index contributed by atoms with van der Waals surface area (Å²) in [4.78, 5) is 9.72. The van der Waals surface area contributed by atoms with E-state index in [9.17, 15) is 32.1 Å². The van der Waals surface area contributed by atoms with Gasteiger partial charge in [-0.05, 0) is 5.56 Å². The van der Waals surface area contributed by atoms with Crippen LogP contribution in [0.5, 0.6) is 0 Å². The summed E-state index contributed by atoms with van der Waals surface area (Å²) in [7, 11) is 0. The van der Waals surface area contributed by atoms with E-state index in [2.05, 4.69) is 0 Å². The number of hydrogen-bond donors (Lipinski definition) is 0. The zero-order valence-electron chi connectivity index (χ0n) is 9.69. The van der Waals surface area contributed by atoms with Gasteiger partial charge in [-0.1, -0.05) is 0 Å². The van der Waals surface area contributed by atoms with Crippen LogP contribution in [-0.4, -0.2) is 4.92 Å². The average molecular weight is 283 g/mol. The van der Waals surface area contributed by atoms with Crippen molar-refractivity contribution in [2.24, 2.45) is 0 Å². The third-order valence-corrected chi connectivity index (χ3v) is 2.88. The number of halogens is 5. The summed E-state index contributed by atoms with van der Waals surface area (Å²) >= 11 is 0. The van der Waals surface area contributed by atoms with Gasteiger partial charge >= 0.3 is 0 Å². The summed E-state index contributed by atoms with van der Waals surface area (Å²) in [6, 6.07) is 0. The van der Waals surface area contributed by atoms with Crippen LogP contribution < -0.4 is 0 Å². The molecule has 1 aromatic carbocycles. The SMILES string of the molecule is O=[N+]([O-])c1c(CF)c(CF)c(CF)c(CF)c1CF. The third kappa shape index (κ3) is 2.52. The van der Waals surface area contributed by atoms with Crippen molar-refractivity contribution in [1.29, 1.82) is 0 Å². The first-order valence-electron chi connectivity index (χ1n) is 5.19. The van der Waals surface area contributed by atoms with Gasteiger partial charge in [0.15, 0.2) is 0 Å². The maximum Gasteiger partial charge on any atom is 0.281 e. The fraction of sp³-hybridized carbons (Fsp3) is 0.455. The summed E-state index contributed by atoms with van der Waals surface area (Å²) in [5.74, 6) is 0. The highest BCUT2D eigenvalue weighted by Crippen LogP contribution is 2.37. The van der Waals surface area contributed by atoms with Crippen molar-refractivity contribution in [3.63, 3.8) is 0 Å². The van der Waals surface area contributed by atoms with Crippen molar-refractivity contribution in [2.75, 3.05) is 0 Å². The fourth-order valence-electron chi connectivity index (χ4n) is 2.01. The Morgan fingerprint density at radius 2 is 0.947 bits per heavy atom. The minimum absolute atomic E-state index is 0.545. The molecule has 0 N–H and O–H groups in total. The van der Waals surface area contributed by atoms with Gasteiger partial charge in [-0.15, -0.1) is 0 Å². The van der Waals surface area contributed by atoms with Crippen LogP contribution in [0.15, 0.2) is 0 Å². The van der Waals surface area contributed by atoms with Gasteiger partial charge in [-0.3, -0.25) is 10.1 Å². The quantitative estimate of drug-likeness (QED) is 0.451. The molecule has 0 fully saturated rings. The summed E-state index contributed by atoms with van der Waals surface area (Å²) in [6.07, 6.45) is 0.